The largest absolute Gasteiger partial charge is 0.298 e. The lowest BCUT2D eigenvalue weighted by Gasteiger charge is -2.10. The van der Waals surface area contributed by atoms with Crippen LogP contribution < -0.4 is 0 Å². The Morgan fingerprint density at radius 3 is 2.40 bits per heavy atom. The van der Waals surface area contributed by atoms with Gasteiger partial charge in [0.05, 0.1) is 16.7 Å². The van der Waals surface area contributed by atoms with Gasteiger partial charge in [0.25, 0.3) is 0 Å². The van der Waals surface area contributed by atoms with Gasteiger partial charge in [-0.25, -0.2) is 4.98 Å². The molecule has 0 saturated heterocycles. The first-order valence-electron chi connectivity index (χ1n) is 8.41. The number of rotatable bonds is 2. The van der Waals surface area contributed by atoms with Gasteiger partial charge in [-0.15, -0.1) is 0 Å². The highest BCUT2D eigenvalue weighted by Gasteiger charge is 2.08. The van der Waals surface area contributed by atoms with Crippen LogP contribution in [0.2, 0.25) is 0 Å². The van der Waals surface area contributed by atoms with Crippen molar-refractivity contribution >= 4 is 21.8 Å². The van der Waals surface area contributed by atoms with E-state index in [4.69, 9.17) is 0 Å². The van der Waals surface area contributed by atoms with E-state index in [1.165, 1.54) is 21.9 Å². The molecular formula is C23H16N2. The Morgan fingerprint density at radius 1 is 0.640 bits per heavy atom. The van der Waals surface area contributed by atoms with Gasteiger partial charge in [-0.2, -0.15) is 0 Å². The number of hydrogen-bond acceptors (Lipinski definition) is 1. The molecular weight excluding hydrogens is 304 g/mol. The second-order valence-corrected chi connectivity index (χ2v) is 6.18. The molecule has 1 heterocycles. The highest BCUT2D eigenvalue weighted by molar-refractivity contribution is 5.94. The van der Waals surface area contributed by atoms with E-state index in [-0.39, 0.29) is 0 Å². The maximum absolute atomic E-state index is 4.53. The van der Waals surface area contributed by atoms with Crippen LogP contribution in [0, 0.1) is 0 Å². The smallest absolute Gasteiger partial charge is 0.100 e. The summed E-state index contributed by atoms with van der Waals surface area (Å²) in [4.78, 5) is 4.53. The average Bonchev–Trinajstić information content (AvgIpc) is 3.12. The highest BCUT2D eigenvalue weighted by Crippen LogP contribution is 2.29. The number of fused-ring (bicyclic) bond motifs is 2. The molecule has 0 amide bonds. The zero-order valence-electron chi connectivity index (χ0n) is 13.6. The molecule has 0 unspecified atom stereocenters. The van der Waals surface area contributed by atoms with Gasteiger partial charge in [-0.3, -0.25) is 4.57 Å². The van der Waals surface area contributed by atoms with Gasteiger partial charge in [0.1, 0.15) is 6.33 Å². The van der Waals surface area contributed by atoms with Crippen molar-refractivity contribution in [1.29, 1.82) is 0 Å². The monoisotopic (exact) mass is 320 g/mol. The minimum Gasteiger partial charge on any atom is -0.298 e. The fraction of sp³-hybridized carbons (Fsp3) is 0. The van der Waals surface area contributed by atoms with Crippen molar-refractivity contribution in [3.05, 3.63) is 97.3 Å². The van der Waals surface area contributed by atoms with Crippen molar-refractivity contribution in [2.45, 2.75) is 0 Å². The Morgan fingerprint density at radius 2 is 1.48 bits per heavy atom. The van der Waals surface area contributed by atoms with Crippen LogP contribution in [0.3, 0.4) is 0 Å². The van der Waals surface area contributed by atoms with E-state index in [1.54, 1.807) is 0 Å². The van der Waals surface area contributed by atoms with Gasteiger partial charge in [0, 0.05) is 5.39 Å². The molecule has 2 nitrogen and oxygen atoms in total. The molecule has 2 heteroatoms. The zero-order chi connectivity index (χ0) is 16.6. The molecule has 0 aliphatic carbocycles. The van der Waals surface area contributed by atoms with Crippen LogP contribution in [0.5, 0.6) is 0 Å². The molecule has 0 radical (unpaired) electrons. The number of aromatic nitrogens is 2. The molecule has 4 aromatic carbocycles. The summed E-state index contributed by atoms with van der Waals surface area (Å²) in [6, 6.07) is 31.8. The Kier molecular flexibility index (Phi) is 3.14. The second kappa shape index (κ2) is 5.60. The third-order valence-electron chi connectivity index (χ3n) is 4.68. The maximum Gasteiger partial charge on any atom is 0.100 e. The van der Waals surface area contributed by atoms with Crippen LogP contribution in [0.4, 0.5) is 0 Å². The standard InChI is InChI=1S/C23H16N2/c1-2-7-17(8-3-1)18-13-14-20-19(15-18)9-6-12-22(20)25-16-24-21-10-4-5-11-23(21)25/h1-16H. The van der Waals surface area contributed by atoms with Gasteiger partial charge < -0.3 is 0 Å². The fourth-order valence-corrected chi connectivity index (χ4v) is 3.44. The van der Waals surface area contributed by atoms with Crippen molar-refractivity contribution in [2.75, 3.05) is 0 Å². The molecule has 0 aliphatic rings. The van der Waals surface area contributed by atoms with Crippen molar-refractivity contribution in [3.63, 3.8) is 0 Å². The summed E-state index contributed by atoms with van der Waals surface area (Å²) < 4.78 is 2.17. The van der Waals surface area contributed by atoms with Crippen molar-refractivity contribution in [1.82, 2.24) is 9.55 Å². The Balaban J connectivity index is 1.72. The van der Waals surface area contributed by atoms with Crippen LogP contribution in [-0.2, 0) is 0 Å². The SMILES string of the molecule is c1ccc(-c2ccc3c(-n4cnc5ccccc54)cccc3c2)cc1. The summed E-state index contributed by atoms with van der Waals surface area (Å²) >= 11 is 0. The average molecular weight is 320 g/mol. The van der Waals surface area contributed by atoms with Gasteiger partial charge in [-0.1, -0.05) is 66.7 Å². The first-order chi connectivity index (χ1) is 12.4. The van der Waals surface area contributed by atoms with E-state index < -0.39 is 0 Å². The summed E-state index contributed by atoms with van der Waals surface area (Å²) in [5.41, 5.74) is 5.77. The molecule has 0 N–H and O–H groups in total. The Labute approximate surface area is 146 Å². The molecule has 25 heavy (non-hydrogen) atoms. The summed E-state index contributed by atoms with van der Waals surface area (Å²) in [6.07, 6.45) is 1.91. The van der Waals surface area contributed by atoms with Crippen molar-refractivity contribution in [2.24, 2.45) is 0 Å². The predicted octanol–water partition coefficient (Wildman–Crippen LogP) is 5.85. The summed E-state index contributed by atoms with van der Waals surface area (Å²) in [7, 11) is 0. The lowest BCUT2D eigenvalue weighted by Crippen LogP contribution is -1.93. The molecule has 5 rings (SSSR count). The molecule has 0 saturated carbocycles. The van der Waals surface area contributed by atoms with Gasteiger partial charge >= 0.3 is 0 Å². The lowest BCUT2D eigenvalue weighted by molar-refractivity contribution is 1.11. The van der Waals surface area contributed by atoms with E-state index in [0.717, 1.165) is 16.7 Å². The molecule has 0 fully saturated rings. The molecule has 118 valence electrons. The first-order valence-corrected chi connectivity index (χ1v) is 8.41. The number of para-hydroxylation sites is 2. The summed E-state index contributed by atoms with van der Waals surface area (Å²) in [5, 5.41) is 2.46. The summed E-state index contributed by atoms with van der Waals surface area (Å²) in [5.74, 6) is 0. The Bertz CT molecular complexity index is 1190. The molecule has 5 aromatic rings. The number of benzene rings is 4. The number of nitrogens with zero attached hydrogens (tertiary/aromatic N) is 2. The van der Waals surface area contributed by atoms with Gasteiger partial charge in [0.15, 0.2) is 0 Å². The molecule has 0 spiro atoms. The quantitative estimate of drug-likeness (QED) is 0.399. The number of hydrogen-bond donors (Lipinski definition) is 0. The third kappa shape index (κ3) is 2.31. The van der Waals surface area contributed by atoms with Crippen LogP contribution in [0.15, 0.2) is 97.3 Å². The van der Waals surface area contributed by atoms with Crippen LogP contribution in [0.1, 0.15) is 0 Å². The first kappa shape index (κ1) is 14.0. The van der Waals surface area contributed by atoms with Crippen LogP contribution >= 0.6 is 0 Å². The van der Waals surface area contributed by atoms with Gasteiger partial charge in [0.2, 0.25) is 0 Å². The minimum absolute atomic E-state index is 1.01. The van der Waals surface area contributed by atoms with Crippen LogP contribution in [-0.4, -0.2) is 9.55 Å². The maximum atomic E-state index is 4.53. The van der Waals surface area contributed by atoms with Crippen molar-refractivity contribution < 1.29 is 0 Å². The van der Waals surface area contributed by atoms with E-state index >= 15 is 0 Å². The predicted molar refractivity (Wildman–Crippen MR) is 104 cm³/mol. The van der Waals surface area contributed by atoms with E-state index in [2.05, 4.69) is 82.3 Å². The van der Waals surface area contributed by atoms with Gasteiger partial charge in [-0.05, 0) is 40.8 Å². The Hall–Kier alpha value is -3.39. The summed E-state index contributed by atoms with van der Waals surface area (Å²) in [6.45, 7) is 0. The normalized spacial score (nSPS) is 11.2. The molecule has 0 aliphatic heterocycles. The van der Waals surface area contributed by atoms with Crippen molar-refractivity contribution in [3.8, 4) is 16.8 Å². The number of imidazole rings is 1. The highest BCUT2D eigenvalue weighted by atomic mass is 15.0. The zero-order valence-corrected chi connectivity index (χ0v) is 13.6. The molecule has 0 bridgehead atoms. The molecule has 0 atom stereocenters. The minimum atomic E-state index is 1.01. The van der Waals surface area contributed by atoms with E-state index in [1.807, 2.05) is 24.5 Å². The third-order valence-corrected chi connectivity index (χ3v) is 4.68. The lowest BCUT2D eigenvalue weighted by atomic mass is 10.0. The van der Waals surface area contributed by atoms with E-state index in [0.29, 0.717) is 0 Å². The second-order valence-electron chi connectivity index (χ2n) is 6.18. The topological polar surface area (TPSA) is 17.8 Å². The van der Waals surface area contributed by atoms with Crippen LogP contribution in [0.25, 0.3) is 38.6 Å². The van der Waals surface area contributed by atoms with E-state index in [9.17, 15) is 0 Å². The molecule has 1 aromatic heterocycles. The fourth-order valence-electron chi connectivity index (χ4n) is 3.44.